The number of benzene rings is 4. The molecule has 0 radical (unpaired) electrons. The second-order valence-electron chi connectivity index (χ2n) is 8.71. The van der Waals surface area contributed by atoms with E-state index < -0.39 is 148 Å². The predicted octanol–water partition coefficient (Wildman–Crippen LogP) is 5.71. The van der Waals surface area contributed by atoms with E-state index in [-0.39, 0.29) is 0 Å². The summed E-state index contributed by atoms with van der Waals surface area (Å²) in [5.41, 5.74) is 0. The van der Waals surface area contributed by atoms with Gasteiger partial charge in [-0.05, 0) is 0 Å². The number of hydrogen-bond acceptors (Lipinski definition) is 0. The molecule has 0 unspecified atom stereocenters. The van der Waals surface area contributed by atoms with Crippen LogP contribution in [0, 0.1) is 111 Å². The van der Waals surface area contributed by atoms with Crippen molar-refractivity contribution in [1.29, 1.82) is 0 Å². The molecule has 234 valence electrons. The fraction of sp³-hybridized carbons (Fsp3) is 0. The van der Waals surface area contributed by atoms with E-state index in [4.69, 9.17) is 0 Å². The van der Waals surface area contributed by atoms with Crippen molar-refractivity contribution in [3.63, 3.8) is 0 Å². The molecular weight excluding hydrogens is 719 g/mol. The van der Waals surface area contributed by atoms with Crippen LogP contribution in [0.2, 0.25) is 0 Å². The Morgan fingerprint density at radius 3 is 0.705 bits per heavy atom. The van der Waals surface area contributed by atoms with E-state index in [1.165, 1.54) is 0 Å². The molecule has 4 rings (SSSR count). The van der Waals surface area contributed by atoms with Gasteiger partial charge >= 0.3 is 232 Å². The van der Waals surface area contributed by atoms with E-state index in [0.29, 0.717) is 0 Å². The van der Waals surface area contributed by atoms with Gasteiger partial charge in [-0.3, -0.25) is 0 Å². The van der Waals surface area contributed by atoms with Crippen molar-refractivity contribution in [3.05, 3.63) is 117 Å². The van der Waals surface area contributed by atoms with Gasteiger partial charge in [0.2, 0.25) is 0 Å². The fourth-order valence-electron chi connectivity index (χ4n) is 4.81. The zero-order chi connectivity index (χ0) is 33.5. The van der Waals surface area contributed by atoms with Gasteiger partial charge < -0.3 is 0 Å². The van der Waals surface area contributed by atoms with Crippen LogP contribution in [0.15, 0.2) is 6.07 Å². The molecule has 0 amide bonds. The minimum atomic E-state index is -9.30. The Kier molecular flexibility index (Phi) is 8.25. The number of rotatable bonds is 4. The molecule has 0 saturated carbocycles. The molecule has 0 aliphatic carbocycles. The van der Waals surface area contributed by atoms with Gasteiger partial charge in [0.25, 0.3) is 0 Å². The average Bonchev–Trinajstić information content (AvgIpc) is 2.99. The average molecular weight is 720 g/mol. The van der Waals surface area contributed by atoms with Gasteiger partial charge in [0.15, 0.2) is 0 Å². The summed E-state index contributed by atoms with van der Waals surface area (Å²) >= 11 is -9.30. The molecule has 4 aromatic carbocycles. The maximum absolute atomic E-state index is 15.4. The Bertz CT molecular complexity index is 1660. The Hall–Kier alpha value is -3.81. The first kappa shape index (κ1) is 33.1. The third kappa shape index (κ3) is 4.20. The predicted molar refractivity (Wildman–Crippen MR) is 109 cm³/mol. The second-order valence-corrected chi connectivity index (χ2v) is 17.3. The quantitative estimate of drug-likeness (QED) is 0.110. The van der Waals surface area contributed by atoms with Crippen molar-refractivity contribution in [2.45, 2.75) is 0 Å². The third-order valence-corrected chi connectivity index (χ3v) is 18.1. The third-order valence-electron chi connectivity index (χ3n) is 6.63. The van der Waals surface area contributed by atoms with Gasteiger partial charge in [-0.15, -0.1) is 0 Å². The van der Waals surface area contributed by atoms with Crippen molar-refractivity contribution in [3.8, 4) is 0 Å². The van der Waals surface area contributed by atoms with E-state index in [1.54, 1.807) is 0 Å². The minimum absolute atomic E-state index is 1.02. The van der Waals surface area contributed by atoms with Crippen LogP contribution < -0.4 is 16.5 Å². The number of hydrogen-bond donors (Lipinski definition) is 0. The molecule has 0 fully saturated rings. The van der Waals surface area contributed by atoms with Crippen molar-refractivity contribution >= 4 is 31.5 Å². The van der Waals surface area contributed by atoms with Gasteiger partial charge in [0, 0.05) is 0 Å². The van der Waals surface area contributed by atoms with Crippen LogP contribution >= 0.6 is 0 Å². The SMILES string of the molecule is Fc1c[c]([Ga-]([c]2c(F)c(F)c(F)c(F)c2F)([c]2c(F)c(F)c(F)c(F)c2F)[c]2c(F)c(F)c(F)c(F)c2F)c(F)c(F)c1F. The molecule has 0 aliphatic heterocycles. The van der Waals surface area contributed by atoms with Crippen LogP contribution in [-0.4, -0.2) is 15.0 Å². The summed E-state index contributed by atoms with van der Waals surface area (Å²) in [4.78, 5) is 0. The van der Waals surface area contributed by atoms with Crippen LogP contribution in [-0.2, 0) is 0 Å². The summed E-state index contributed by atoms with van der Waals surface area (Å²) in [5, 5.41) is 0. The van der Waals surface area contributed by atoms with Gasteiger partial charge in [0.05, 0.1) is 0 Å². The Morgan fingerprint density at radius 1 is 0.250 bits per heavy atom. The van der Waals surface area contributed by atoms with Crippen molar-refractivity contribution in [1.82, 2.24) is 0 Å². The molecule has 0 atom stereocenters. The van der Waals surface area contributed by atoms with Crippen LogP contribution in [0.1, 0.15) is 0 Å². The summed E-state index contributed by atoms with van der Waals surface area (Å²) in [5.74, 6) is -63.3. The van der Waals surface area contributed by atoms with Crippen LogP contribution in [0.25, 0.3) is 0 Å². The Balaban J connectivity index is 2.65. The summed E-state index contributed by atoms with van der Waals surface area (Å²) in [7, 11) is 0. The summed E-state index contributed by atoms with van der Waals surface area (Å²) in [6.07, 6.45) is 0. The number of halogens is 19. The molecule has 0 heterocycles. The Morgan fingerprint density at radius 2 is 0.455 bits per heavy atom. The molecule has 20 heteroatoms. The molecule has 0 spiro atoms. The molecule has 0 N–H and O–H groups in total. The van der Waals surface area contributed by atoms with E-state index in [1.807, 2.05) is 0 Å². The zero-order valence-corrected chi connectivity index (χ0v) is 22.3. The van der Waals surface area contributed by atoms with Crippen LogP contribution in [0.5, 0.6) is 0 Å². The zero-order valence-electron chi connectivity index (χ0n) is 19.8. The van der Waals surface area contributed by atoms with Crippen LogP contribution in [0.3, 0.4) is 0 Å². The maximum atomic E-state index is 15.4. The Labute approximate surface area is 231 Å². The van der Waals surface area contributed by atoms with E-state index in [0.717, 1.165) is 0 Å². The van der Waals surface area contributed by atoms with Gasteiger partial charge in [-0.25, -0.2) is 0 Å². The van der Waals surface area contributed by atoms with E-state index in [2.05, 4.69) is 0 Å². The molecule has 0 aliphatic rings. The van der Waals surface area contributed by atoms with Crippen LogP contribution in [0.4, 0.5) is 83.4 Å². The molecule has 0 bridgehead atoms. The van der Waals surface area contributed by atoms with Gasteiger partial charge in [-0.2, -0.15) is 0 Å². The van der Waals surface area contributed by atoms with E-state index in [9.17, 15) is 52.7 Å². The van der Waals surface area contributed by atoms with Gasteiger partial charge in [-0.1, -0.05) is 0 Å². The normalized spacial score (nSPS) is 12.0. The van der Waals surface area contributed by atoms with Gasteiger partial charge in [0.1, 0.15) is 0 Å². The van der Waals surface area contributed by atoms with E-state index >= 15 is 30.7 Å². The fourth-order valence-corrected chi connectivity index (χ4v) is 16.9. The topological polar surface area (TPSA) is 0 Å². The monoisotopic (exact) mass is 719 g/mol. The molecule has 0 aromatic heterocycles. The van der Waals surface area contributed by atoms with Crippen molar-refractivity contribution in [2.24, 2.45) is 0 Å². The summed E-state index contributed by atoms with van der Waals surface area (Å²) < 4.78 is 266. The molecule has 0 saturated heterocycles. The molecule has 4 aromatic rings. The first-order chi connectivity index (χ1) is 20.3. The standard InChI is InChI=1S/3C6F5.C6HF4.Ga/c3*7-2-1-3(8)5(10)6(11)4(2)9;7-3-1-2-4(8)6(10)5(3)9;/h;;;1H;/q;;;;-1. The summed E-state index contributed by atoms with van der Waals surface area (Å²) in [6.45, 7) is 0. The van der Waals surface area contributed by atoms with Crippen molar-refractivity contribution < 1.29 is 83.4 Å². The molecule has 0 nitrogen and oxygen atoms in total. The first-order valence-electron chi connectivity index (χ1n) is 10.8. The van der Waals surface area contributed by atoms with Crippen molar-refractivity contribution in [2.75, 3.05) is 0 Å². The molecule has 44 heavy (non-hydrogen) atoms. The first-order valence-corrected chi connectivity index (χ1v) is 15.7. The molecular formula is C24HF19Ga-. The summed E-state index contributed by atoms with van der Waals surface area (Å²) in [6, 6.07) is -1.02. The second kappa shape index (κ2) is 11.0.